The van der Waals surface area contributed by atoms with Crippen LogP contribution >= 0.6 is 11.3 Å². The largest absolute Gasteiger partial charge is 0.337 e. The van der Waals surface area contributed by atoms with E-state index in [-0.39, 0.29) is 11.9 Å². The highest BCUT2D eigenvalue weighted by atomic mass is 32.1. The molecule has 24 heavy (non-hydrogen) atoms. The van der Waals surface area contributed by atoms with Gasteiger partial charge in [0.1, 0.15) is 0 Å². The first-order valence-corrected chi connectivity index (χ1v) is 8.42. The van der Waals surface area contributed by atoms with Crippen LogP contribution < -0.4 is 10.6 Å². The zero-order valence-corrected chi connectivity index (χ0v) is 14.0. The summed E-state index contributed by atoms with van der Waals surface area (Å²) in [5.74, 6) is 0.798. The molecule has 2 N–H and O–H groups in total. The lowest BCUT2D eigenvalue weighted by atomic mass is 10.2. The van der Waals surface area contributed by atoms with E-state index in [1.165, 1.54) is 0 Å². The first-order chi connectivity index (χ1) is 11.7. The minimum absolute atomic E-state index is 0.174. The topological polar surface area (TPSA) is 79.8 Å². The standard InChI is InChI=1S/C17H17N5OS/c1-12(16-18-7-8-24-16)9-21-17(23)22-14-10-19-15(20-11-14)13-5-3-2-4-6-13/h2-8,10-12H,9H2,1H3,(H2,21,22,23)/t12-/m0/s1. The second-order valence-electron chi connectivity index (χ2n) is 5.27. The number of rotatable bonds is 5. The second kappa shape index (κ2) is 7.65. The molecule has 1 aromatic carbocycles. The Morgan fingerprint density at radius 1 is 1.17 bits per heavy atom. The van der Waals surface area contributed by atoms with Gasteiger partial charge in [0.15, 0.2) is 5.82 Å². The maximum atomic E-state index is 11.9. The first kappa shape index (κ1) is 16.1. The normalized spacial score (nSPS) is 11.7. The van der Waals surface area contributed by atoms with Crippen molar-refractivity contribution in [2.45, 2.75) is 12.8 Å². The molecule has 122 valence electrons. The SMILES string of the molecule is C[C@@H](CNC(=O)Nc1cnc(-c2ccccc2)nc1)c1nccs1. The molecule has 3 aromatic rings. The number of hydrogen-bond donors (Lipinski definition) is 2. The lowest BCUT2D eigenvalue weighted by molar-refractivity contribution is 0.251. The Morgan fingerprint density at radius 2 is 1.92 bits per heavy atom. The highest BCUT2D eigenvalue weighted by Crippen LogP contribution is 2.17. The fraction of sp³-hybridized carbons (Fsp3) is 0.176. The van der Waals surface area contributed by atoms with Crippen molar-refractivity contribution in [3.05, 3.63) is 59.3 Å². The van der Waals surface area contributed by atoms with Crippen molar-refractivity contribution in [2.75, 3.05) is 11.9 Å². The van der Waals surface area contributed by atoms with Gasteiger partial charge < -0.3 is 10.6 Å². The van der Waals surface area contributed by atoms with Crippen LogP contribution in [0.5, 0.6) is 0 Å². The van der Waals surface area contributed by atoms with E-state index in [1.54, 1.807) is 29.9 Å². The summed E-state index contributed by atoms with van der Waals surface area (Å²) in [7, 11) is 0. The molecule has 0 spiro atoms. The Kier molecular flexibility index (Phi) is 5.12. The van der Waals surface area contributed by atoms with Crippen molar-refractivity contribution in [2.24, 2.45) is 0 Å². The number of amides is 2. The Labute approximate surface area is 144 Å². The van der Waals surface area contributed by atoms with Crippen molar-refractivity contribution < 1.29 is 4.79 Å². The van der Waals surface area contributed by atoms with Crippen LogP contribution in [0.25, 0.3) is 11.4 Å². The summed E-state index contributed by atoms with van der Waals surface area (Å²) >= 11 is 1.58. The van der Waals surface area contributed by atoms with E-state index in [4.69, 9.17) is 0 Å². The number of anilines is 1. The molecule has 1 atom stereocenters. The minimum Gasteiger partial charge on any atom is -0.337 e. The van der Waals surface area contributed by atoms with Gasteiger partial charge in [0, 0.05) is 29.6 Å². The average Bonchev–Trinajstić information content (AvgIpc) is 3.16. The summed E-state index contributed by atoms with van der Waals surface area (Å²) in [6.45, 7) is 2.54. The molecule has 2 aromatic heterocycles. The third-order valence-electron chi connectivity index (χ3n) is 3.38. The van der Waals surface area contributed by atoms with Gasteiger partial charge in [0.25, 0.3) is 0 Å². The third kappa shape index (κ3) is 4.14. The van der Waals surface area contributed by atoms with E-state index in [1.807, 2.05) is 42.6 Å². The molecule has 0 saturated carbocycles. The zero-order chi connectivity index (χ0) is 16.8. The maximum absolute atomic E-state index is 11.9. The van der Waals surface area contributed by atoms with E-state index < -0.39 is 0 Å². The van der Waals surface area contributed by atoms with Crippen LogP contribution in [0, 0.1) is 0 Å². The van der Waals surface area contributed by atoms with Crippen LogP contribution in [-0.2, 0) is 0 Å². The molecule has 0 unspecified atom stereocenters. The maximum Gasteiger partial charge on any atom is 0.319 e. The molecule has 0 radical (unpaired) electrons. The molecule has 0 fully saturated rings. The predicted molar refractivity (Wildman–Crippen MR) is 95.0 cm³/mol. The van der Waals surface area contributed by atoms with Crippen LogP contribution in [0.1, 0.15) is 17.8 Å². The molecule has 2 heterocycles. The molecular formula is C17H17N5OS. The molecule has 0 bridgehead atoms. The van der Waals surface area contributed by atoms with Gasteiger partial charge in [0.2, 0.25) is 0 Å². The summed E-state index contributed by atoms with van der Waals surface area (Å²) in [4.78, 5) is 24.7. The van der Waals surface area contributed by atoms with Crippen LogP contribution in [0.15, 0.2) is 54.3 Å². The zero-order valence-electron chi connectivity index (χ0n) is 13.1. The molecule has 0 aliphatic carbocycles. The molecule has 3 rings (SSSR count). The Hall–Kier alpha value is -2.80. The number of thiazole rings is 1. The van der Waals surface area contributed by atoms with E-state index in [9.17, 15) is 4.79 Å². The number of carbonyl (C=O) groups excluding carboxylic acids is 1. The van der Waals surface area contributed by atoms with Crippen molar-refractivity contribution in [1.29, 1.82) is 0 Å². The molecule has 0 aliphatic rings. The molecule has 0 aliphatic heterocycles. The number of nitrogens with zero attached hydrogens (tertiary/aromatic N) is 3. The lowest BCUT2D eigenvalue weighted by Crippen LogP contribution is -2.31. The van der Waals surface area contributed by atoms with E-state index in [2.05, 4.69) is 25.6 Å². The molecular weight excluding hydrogens is 322 g/mol. The van der Waals surface area contributed by atoms with Crippen LogP contribution in [0.2, 0.25) is 0 Å². The van der Waals surface area contributed by atoms with Gasteiger partial charge in [-0.15, -0.1) is 11.3 Å². The Morgan fingerprint density at radius 3 is 2.58 bits per heavy atom. The summed E-state index contributed by atoms with van der Waals surface area (Å²) < 4.78 is 0. The predicted octanol–water partition coefficient (Wildman–Crippen LogP) is 3.53. The van der Waals surface area contributed by atoms with Crippen molar-refractivity contribution in [3.8, 4) is 11.4 Å². The summed E-state index contributed by atoms with van der Waals surface area (Å²) in [5.41, 5.74) is 1.49. The van der Waals surface area contributed by atoms with Crippen LogP contribution in [0.4, 0.5) is 10.5 Å². The van der Waals surface area contributed by atoms with Crippen LogP contribution in [0.3, 0.4) is 0 Å². The summed E-state index contributed by atoms with van der Waals surface area (Å²) in [5, 5.41) is 8.49. The number of urea groups is 1. The summed E-state index contributed by atoms with van der Waals surface area (Å²) in [6.07, 6.45) is 4.96. The molecule has 6 nitrogen and oxygen atoms in total. The Balaban J connectivity index is 1.53. The fourth-order valence-electron chi connectivity index (χ4n) is 2.12. The number of carbonyl (C=O) groups is 1. The number of hydrogen-bond acceptors (Lipinski definition) is 5. The van der Waals surface area contributed by atoms with Crippen molar-refractivity contribution in [3.63, 3.8) is 0 Å². The number of aromatic nitrogens is 3. The molecule has 0 saturated heterocycles. The van der Waals surface area contributed by atoms with Gasteiger partial charge in [-0.05, 0) is 0 Å². The van der Waals surface area contributed by atoms with E-state index in [0.717, 1.165) is 10.6 Å². The second-order valence-corrected chi connectivity index (χ2v) is 6.19. The average molecular weight is 339 g/mol. The van der Waals surface area contributed by atoms with Gasteiger partial charge in [-0.3, -0.25) is 0 Å². The highest BCUT2D eigenvalue weighted by Gasteiger charge is 2.10. The monoisotopic (exact) mass is 339 g/mol. The van der Waals surface area contributed by atoms with Crippen molar-refractivity contribution >= 4 is 23.1 Å². The minimum atomic E-state index is -0.283. The van der Waals surface area contributed by atoms with Crippen molar-refractivity contribution in [1.82, 2.24) is 20.3 Å². The first-order valence-electron chi connectivity index (χ1n) is 7.54. The lowest BCUT2D eigenvalue weighted by Gasteiger charge is -2.11. The van der Waals surface area contributed by atoms with Gasteiger partial charge in [-0.1, -0.05) is 37.3 Å². The third-order valence-corrected chi connectivity index (χ3v) is 4.39. The van der Waals surface area contributed by atoms with E-state index in [0.29, 0.717) is 18.1 Å². The molecule has 7 heteroatoms. The van der Waals surface area contributed by atoms with Crippen LogP contribution in [-0.4, -0.2) is 27.5 Å². The van der Waals surface area contributed by atoms with E-state index >= 15 is 0 Å². The molecule has 2 amide bonds. The fourth-order valence-corrected chi connectivity index (χ4v) is 2.81. The van der Waals surface area contributed by atoms with Gasteiger partial charge in [-0.25, -0.2) is 19.7 Å². The van der Waals surface area contributed by atoms with Gasteiger partial charge in [-0.2, -0.15) is 0 Å². The number of nitrogens with one attached hydrogen (secondary N) is 2. The summed E-state index contributed by atoms with van der Waals surface area (Å²) in [6, 6.07) is 9.40. The quantitative estimate of drug-likeness (QED) is 0.745. The van der Waals surface area contributed by atoms with Gasteiger partial charge >= 0.3 is 6.03 Å². The van der Waals surface area contributed by atoms with Gasteiger partial charge in [0.05, 0.1) is 23.1 Å². The number of benzene rings is 1. The smallest absolute Gasteiger partial charge is 0.319 e. The highest BCUT2D eigenvalue weighted by molar-refractivity contribution is 7.09. The Bertz CT molecular complexity index is 775.